The molecule has 158 valence electrons. The molecule has 0 saturated heterocycles. The number of benzene rings is 2. The molecule has 30 heavy (non-hydrogen) atoms. The summed E-state index contributed by atoms with van der Waals surface area (Å²) in [6.45, 7) is 8.26. The van der Waals surface area contributed by atoms with E-state index in [1.807, 2.05) is 76.2 Å². The molecule has 2 N–H and O–H groups in total. The minimum Gasteiger partial charge on any atom is -0.497 e. The van der Waals surface area contributed by atoms with Crippen molar-refractivity contribution in [3.63, 3.8) is 0 Å². The maximum atomic E-state index is 12.6. The molecule has 6 nitrogen and oxygen atoms in total. The van der Waals surface area contributed by atoms with Gasteiger partial charge in [0.15, 0.2) is 0 Å². The highest BCUT2D eigenvalue weighted by Crippen LogP contribution is 2.26. The van der Waals surface area contributed by atoms with Crippen LogP contribution in [0.3, 0.4) is 0 Å². The SMILES string of the molecule is CCOc1ccc(C)cc1C(C)NC(=O)/C(C#N)=C\NC(C)c1ccc(OC)cc1. The molecule has 0 fully saturated rings. The Morgan fingerprint density at radius 1 is 1.17 bits per heavy atom. The van der Waals surface area contributed by atoms with Gasteiger partial charge in [-0.3, -0.25) is 4.79 Å². The number of methoxy groups -OCH3 is 1. The zero-order valence-electron chi connectivity index (χ0n) is 18.2. The Labute approximate surface area is 178 Å². The van der Waals surface area contributed by atoms with Crippen LogP contribution in [0.5, 0.6) is 11.5 Å². The molecule has 2 aromatic carbocycles. The summed E-state index contributed by atoms with van der Waals surface area (Å²) >= 11 is 0. The van der Waals surface area contributed by atoms with Crippen molar-refractivity contribution in [2.24, 2.45) is 0 Å². The van der Waals surface area contributed by atoms with E-state index in [9.17, 15) is 10.1 Å². The van der Waals surface area contributed by atoms with E-state index in [2.05, 4.69) is 10.6 Å². The van der Waals surface area contributed by atoms with Gasteiger partial charge in [-0.15, -0.1) is 0 Å². The monoisotopic (exact) mass is 407 g/mol. The molecule has 0 saturated carbocycles. The lowest BCUT2D eigenvalue weighted by molar-refractivity contribution is -0.117. The number of rotatable bonds is 9. The summed E-state index contributed by atoms with van der Waals surface area (Å²) in [7, 11) is 1.62. The molecule has 0 spiro atoms. The lowest BCUT2D eigenvalue weighted by Gasteiger charge is -2.19. The molecule has 1 amide bonds. The maximum Gasteiger partial charge on any atom is 0.263 e. The van der Waals surface area contributed by atoms with Gasteiger partial charge in [0.1, 0.15) is 23.1 Å². The molecule has 0 aliphatic rings. The number of carbonyl (C=O) groups is 1. The first kappa shape index (κ1) is 22.8. The topological polar surface area (TPSA) is 83.4 Å². The number of nitrogens with zero attached hydrogens (tertiary/aromatic N) is 1. The summed E-state index contributed by atoms with van der Waals surface area (Å²) in [4.78, 5) is 12.6. The van der Waals surface area contributed by atoms with Crippen LogP contribution in [0.2, 0.25) is 0 Å². The second kappa shape index (κ2) is 10.9. The van der Waals surface area contributed by atoms with Crippen molar-refractivity contribution in [3.8, 4) is 17.6 Å². The quantitative estimate of drug-likeness (QED) is 0.477. The van der Waals surface area contributed by atoms with Gasteiger partial charge in [0.25, 0.3) is 5.91 Å². The van der Waals surface area contributed by atoms with Gasteiger partial charge in [-0.05, 0) is 51.5 Å². The lowest BCUT2D eigenvalue weighted by atomic mass is 10.0. The molecule has 0 radical (unpaired) electrons. The van der Waals surface area contributed by atoms with Crippen LogP contribution in [0.4, 0.5) is 0 Å². The van der Waals surface area contributed by atoms with Crippen LogP contribution in [0.1, 0.15) is 49.5 Å². The number of hydrogen-bond acceptors (Lipinski definition) is 5. The zero-order chi connectivity index (χ0) is 22.1. The highest BCUT2D eigenvalue weighted by molar-refractivity contribution is 5.97. The molecule has 0 heterocycles. The Morgan fingerprint density at radius 2 is 1.87 bits per heavy atom. The van der Waals surface area contributed by atoms with E-state index in [1.54, 1.807) is 7.11 Å². The van der Waals surface area contributed by atoms with Crippen LogP contribution < -0.4 is 20.1 Å². The van der Waals surface area contributed by atoms with Gasteiger partial charge < -0.3 is 20.1 Å². The van der Waals surface area contributed by atoms with E-state index in [0.717, 1.165) is 28.2 Å². The van der Waals surface area contributed by atoms with E-state index in [0.29, 0.717) is 6.61 Å². The second-order valence-electron chi connectivity index (χ2n) is 7.00. The van der Waals surface area contributed by atoms with Crippen molar-refractivity contribution in [1.29, 1.82) is 5.26 Å². The fraction of sp³-hybridized carbons (Fsp3) is 0.333. The fourth-order valence-electron chi connectivity index (χ4n) is 2.99. The van der Waals surface area contributed by atoms with E-state index in [1.165, 1.54) is 6.20 Å². The predicted octanol–water partition coefficient (Wildman–Crippen LogP) is 4.34. The second-order valence-corrected chi connectivity index (χ2v) is 7.00. The first-order valence-corrected chi connectivity index (χ1v) is 9.94. The third kappa shape index (κ3) is 6.02. The predicted molar refractivity (Wildman–Crippen MR) is 117 cm³/mol. The molecule has 0 aliphatic carbocycles. The van der Waals surface area contributed by atoms with Crippen LogP contribution in [0.25, 0.3) is 0 Å². The first-order valence-electron chi connectivity index (χ1n) is 9.94. The lowest BCUT2D eigenvalue weighted by Crippen LogP contribution is -2.29. The van der Waals surface area contributed by atoms with Gasteiger partial charge in [0.2, 0.25) is 0 Å². The Morgan fingerprint density at radius 3 is 2.47 bits per heavy atom. The molecule has 2 unspecified atom stereocenters. The normalized spacial score (nSPS) is 13.0. The van der Waals surface area contributed by atoms with Gasteiger partial charge in [0, 0.05) is 17.8 Å². The molecule has 6 heteroatoms. The molecular weight excluding hydrogens is 378 g/mol. The summed E-state index contributed by atoms with van der Waals surface area (Å²) < 4.78 is 10.8. The standard InChI is InChI=1S/C24H29N3O3/c1-6-30-23-12-7-16(2)13-22(23)18(4)27-24(28)20(14-25)15-26-17(3)19-8-10-21(29-5)11-9-19/h7-13,15,17-18,26H,6H2,1-5H3,(H,27,28)/b20-15-. The van der Waals surface area contributed by atoms with Gasteiger partial charge in [-0.2, -0.15) is 5.26 Å². The van der Waals surface area contributed by atoms with Gasteiger partial charge in [-0.25, -0.2) is 0 Å². The average Bonchev–Trinajstić information content (AvgIpc) is 2.75. The largest absolute Gasteiger partial charge is 0.497 e. The molecular formula is C24H29N3O3. The maximum absolute atomic E-state index is 12.6. The third-order valence-electron chi connectivity index (χ3n) is 4.74. The van der Waals surface area contributed by atoms with Crippen molar-refractivity contribution < 1.29 is 14.3 Å². The molecule has 0 bridgehead atoms. The van der Waals surface area contributed by atoms with Crippen molar-refractivity contribution in [1.82, 2.24) is 10.6 Å². The third-order valence-corrected chi connectivity index (χ3v) is 4.74. The van der Waals surface area contributed by atoms with Crippen LogP contribution >= 0.6 is 0 Å². The molecule has 2 atom stereocenters. The number of hydrogen-bond donors (Lipinski definition) is 2. The summed E-state index contributed by atoms with van der Waals surface area (Å²) in [5, 5.41) is 15.5. The van der Waals surface area contributed by atoms with Crippen molar-refractivity contribution in [2.75, 3.05) is 13.7 Å². The fourth-order valence-corrected chi connectivity index (χ4v) is 2.99. The average molecular weight is 408 g/mol. The number of amides is 1. The van der Waals surface area contributed by atoms with Crippen molar-refractivity contribution in [3.05, 3.63) is 70.9 Å². The first-order chi connectivity index (χ1) is 14.4. The smallest absolute Gasteiger partial charge is 0.263 e. The minimum atomic E-state index is -0.441. The van der Waals surface area contributed by atoms with Crippen LogP contribution in [-0.2, 0) is 4.79 Å². The molecule has 2 rings (SSSR count). The van der Waals surface area contributed by atoms with Crippen molar-refractivity contribution in [2.45, 2.75) is 39.8 Å². The molecule has 0 aromatic heterocycles. The van der Waals surface area contributed by atoms with E-state index >= 15 is 0 Å². The summed E-state index contributed by atoms with van der Waals surface area (Å²) in [6.07, 6.45) is 1.46. The highest BCUT2D eigenvalue weighted by atomic mass is 16.5. The number of carbonyl (C=O) groups excluding carboxylic acids is 1. The van der Waals surface area contributed by atoms with Crippen LogP contribution in [-0.4, -0.2) is 19.6 Å². The summed E-state index contributed by atoms with van der Waals surface area (Å²) in [5.41, 5.74) is 2.97. The number of nitriles is 1. The molecule has 0 aliphatic heterocycles. The Hall–Kier alpha value is -3.46. The van der Waals surface area contributed by atoms with E-state index < -0.39 is 5.91 Å². The number of nitrogens with one attached hydrogen (secondary N) is 2. The summed E-state index contributed by atoms with van der Waals surface area (Å²) in [6, 6.07) is 15.0. The Bertz CT molecular complexity index is 930. The van der Waals surface area contributed by atoms with Crippen LogP contribution in [0.15, 0.2) is 54.2 Å². The Balaban J connectivity index is 2.08. The minimum absolute atomic E-state index is 0.00725. The van der Waals surface area contributed by atoms with E-state index in [4.69, 9.17) is 9.47 Å². The van der Waals surface area contributed by atoms with Gasteiger partial charge in [-0.1, -0.05) is 29.8 Å². The number of aryl methyl sites for hydroxylation is 1. The Kier molecular flexibility index (Phi) is 8.30. The van der Waals surface area contributed by atoms with Crippen LogP contribution in [0, 0.1) is 18.3 Å². The van der Waals surface area contributed by atoms with E-state index in [-0.39, 0.29) is 17.7 Å². The summed E-state index contributed by atoms with van der Waals surface area (Å²) in [5.74, 6) is 1.06. The molecule has 2 aromatic rings. The van der Waals surface area contributed by atoms with Crippen molar-refractivity contribution >= 4 is 5.91 Å². The van der Waals surface area contributed by atoms with Gasteiger partial charge >= 0.3 is 0 Å². The van der Waals surface area contributed by atoms with Gasteiger partial charge in [0.05, 0.1) is 19.8 Å². The zero-order valence-corrected chi connectivity index (χ0v) is 18.2. The highest BCUT2D eigenvalue weighted by Gasteiger charge is 2.17. The number of ether oxygens (including phenoxy) is 2.